The van der Waals surface area contributed by atoms with Gasteiger partial charge in [0.05, 0.1) is 18.2 Å². The van der Waals surface area contributed by atoms with Gasteiger partial charge < -0.3 is 14.6 Å². The predicted molar refractivity (Wildman–Crippen MR) is 89.0 cm³/mol. The zero-order chi connectivity index (χ0) is 18.2. The average molecular weight is 345 g/mol. The van der Waals surface area contributed by atoms with Gasteiger partial charge in [0.15, 0.2) is 12.4 Å². The second-order valence-electron chi connectivity index (χ2n) is 4.74. The first kappa shape index (κ1) is 17.7. The maximum atomic E-state index is 11.6. The van der Waals surface area contributed by atoms with Crippen molar-refractivity contribution in [2.75, 3.05) is 13.7 Å². The molecule has 2 N–H and O–H groups in total. The maximum absolute atomic E-state index is 11.6. The number of phenols is 1. The van der Waals surface area contributed by atoms with Crippen LogP contribution >= 0.6 is 0 Å². The number of hydrogen-bond donors (Lipinski definition) is 2. The Morgan fingerprint density at radius 1 is 1.36 bits per heavy atom. The number of phenolic OH excluding ortho intramolecular Hbond substituents is 1. The fraction of sp³-hybridized carbons (Fsp3) is 0.125. The molecule has 0 saturated carbocycles. The number of carbonyl (C=O) groups is 1. The van der Waals surface area contributed by atoms with Crippen molar-refractivity contribution in [1.82, 2.24) is 5.43 Å². The number of para-hydroxylation sites is 1. The van der Waals surface area contributed by atoms with E-state index in [4.69, 9.17) is 9.47 Å². The van der Waals surface area contributed by atoms with E-state index in [0.29, 0.717) is 5.75 Å². The third-order valence-corrected chi connectivity index (χ3v) is 3.01. The number of carbonyl (C=O) groups excluding carboxylic acids is 1. The zero-order valence-electron chi connectivity index (χ0n) is 13.2. The molecule has 0 saturated heterocycles. The van der Waals surface area contributed by atoms with Gasteiger partial charge in [-0.3, -0.25) is 14.9 Å². The maximum Gasteiger partial charge on any atom is 0.315 e. The predicted octanol–water partition coefficient (Wildman–Crippen LogP) is 1.84. The van der Waals surface area contributed by atoms with E-state index >= 15 is 0 Å². The Kier molecular flexibility index (Phi) is 5.88. The number of methoxy groups -OCH3 is 1. The van der Waals surface area contributed by atoms with Crippen molar-refractivity contribution in [2.45, 2.75) is 0 Å². The number of aromatic hydroxyl groups is 1. The highest BCUT2D eigenvalue weighted by atomic mass is 16.6. The lowest BCUT2D eigenvalue weighted by atomic mass is 10.2. The van der Waals surface area contributed by atoms with Crippen LogP contribution in [-0.4, -0.2) is 35.9 Å². The minimum absolute atomic E-state index is 0.0746. The summed E-state index contributed by atoms with van der Waals surface area (Å²) >= 11 is 0. The van der Waals surface area contributed by atoms with Gasteiger partial charge in [-0.1, -0.05) is 18.2 Å². The zero-order valence-corrected chi connectivity index (χ0v) is 13.2. The second-order valence-corrected chi connectivity index (χ2v) is 4.74. The molecular weight excluding hydrogens is 330 g/mol. The minimum Gasteiger partial charge on any atom is -0.500 e. The van der Waals surface area contributed by atoms with Crippen molar-refractivity contribution >= 4 is 17.8 Å². The molecule has 9 nitrogen and oxygen atoms in total. The molecule has 0 aliphatic heterocycles. The van der Waals surface area contributed by atoms with Gasteiger partial charge >= 0.3 is 5.69 Å². The van der Waals surface area contributed by atoms with Crippen molar-refractivity contribution in [2.24, 2.45) is 5.10 Å². The van der Waals surface area contributed by atoms with E-state index in [0.717, 1.165) is 6.07 Å². The van der Waals surface area contributed by atoms with Crippen LogP contribution < -0.4 is 14.9 Å². The lowest BCUT2D eigenvalue weighted by Crippen LogP contribution is -2.24. The summed E-state index contributed by atoms with van der Waals surface area (Å²) in [6.07, 6.45) is 1.19. The molecule has 0 spiro atoms. The number of amides is 1. The highest BCUT2D eigenvalue weighted by Crippen LogP contribution is 2.36. The SMILES string of the molecule is COc1cc(/C=N\NC(=O)COc2ccccc2)cc([N+](=O)[O-])c1O. The van der Waals surface area contributed by atoms with Gasteiger partial charge in [0.25, 0.3) is 5.91 Å². The number of nitrogens with zero attached hydrogens (tertiary/aromatic N) is 2. The van der Waals surface area contributed by atoms with E-state index in [1.807, 2.05) is 6.07 Å². The molecule has 0 aliphatic rings. The minimum atomic E-state index is -0.749. The normalized spacial score (nSPS) is 10.4. The van der Waals surface area contributed by atoms with Crippen molar-refractivity contribution in [3.63, 3.8) is 0 Å². The first-order valence-corrected chi connectivity index (χ1v) is 7.06. The molecule has 0 unspecified atom stereocenters. The number of hydrogen-bond acceptors (Lipinski definition) is 7. The molecular formula is C16H15N3O6. The first-order valence-electron chi connectivity index (χ1n) is 7.06. The summed E-state index contributed by atoms with van der Waals surface area (Å²) in [5, 5.41) is 24.3. The largest absolute Gasteiger partial charge is 0.500 e. The Hall–Kier alpha value is -3.62. The van der Waals surface area contributed by atoms with Crippen molar-refractivity contribution in [3.8, 4) is 17.2 Å². The number of rotatable bonds is 7. The number of benzene rings is 2. The highest BCUT2D eigenvalue weighted by molar-refractivity contribution is 5.85. The van der Waals surface area contributed by atoms with Gasteiger partial charge in [-0.15, -0.1) is 0 Å². The fourth-order valence-electron chi connectivity index (χ4n) is 1.86. The first-order chi connectivity index (χ1) is 12.0. The van der Waals surface area contributed by atoms with E-state index < -0.39 is 22.3 Å². The summed E-state index contributed by atoms with van der Waals surface area (Å²) in [6, 6.07) is 11.2. The molecule has 2 aromatic carbocycles. The molecule has 0 heterocycles. The van der Waals surface area contributed by atoms with Gasteiger partial charge in [0, 0.05) is 11.6 Å². The lowest BCUT2D eigenvalue weighted by Gasteiger charge is -2.05. The van der Waals surface area contributed by atoms with Gasteiger partial charge in [0.1, 0.15) is 5.75 Å². The van der Waals surface area contributed by atoms with Crippen molar-refractivity contribution in [1.29, 1.82) is 0 Å². The van der Waals surface area contributed by atoms with Crippen LogP contribution in [0.5, 0.6) is 17.2 Å². The summed E-state index contributed by atoms with van der Waals surface area (Å²) in [6.45, 7) is -0.236. The smallest absolute Gasteiger partial charge is 0.315 e. The fourth-order valence-corrected chi connectivity index (χ4v) is 1.86. The Morgan fingerprint density at radius 3 is 2.72 bits per heavy atom. The molecule has 0 aliphatic carbocycles. The van der Waals surface area contributed by atoms with E-state index in [2.05, 4.69) is 10.5 Å². The van der Waals surface area contributed by atoms with E-state index in [9.17, 15) is 20.0 Å². The average Bonchev–Trinajstić information content (AvgIpc) is 2.61. The quantitative estimate of drug-likeness (QED) is 0.448. The molecule has 2 rings (SSSR count). The molecule has 9 heteroatoms. The van der Waals surface area contributed by atoms with Crippen LogP contribution in [0.3, 0.4) is 0 Å². The highest BCUT2D eigenvalue weighted by Gasteiger charge is 2.19. The van der Waals surface area contributed by atoms with Crippen LogP contribution in [-0.2, 0) is 4.79 Å². The van der Waals surface area contributed by atoms with E-state index in [1.165, 1.54) is 19.4 Å². The second kappa shape index (κ2) is 8.29. The summed E-state index contributed by atoms with van der Waals surface area (Å²) in [5.74, 6) is -0.611. The molecule has 0 fully saturated rings. The van der Waals surface area contributed by atoms with Crippen LogP contribution in [0.2, 0.25) is 0 Å². The molecule has 130 valence electrons. The number of nitro benzene ring substituents is 1. The molecule has 2 aromatic rings. The number of hydrazone groups is 1. The number of nitrogens with one attached hydrogen (secondary N) is 1. The molecule has 0 bridgehead atoms. The van der Waals surface area contributed by atoms with Gasteiger partial charge in [-0.05, 0) is 18.2 Å². The molecule has 0 radical (unpaired) electrons. The van der Waals surface area contributed by atoms with Gasteiger partial charge in [-0.25, -0.2) is 5.43 Å². The van der Waals surface area contributed by atoms with Crippen LogP contribution in [0.25, 0.3) is 0 Å². The summed E-state index contributed by atoms with van der Waals surface area (Å²) in [4.78, 5) is 21.8. The molecule has 0 atom stereocenters. The Labute approximate surface area is 142 Å². The summed E-state index contributed by atoms with van der Waals surface area (Å²) in [7, 11) is 1.27. The number of ether oxygens (including phenoxy) is 2. The Morgan fingerprint density at radius 2 is 2.08 bits per heavy atom. The summed E-state index contributed by atoms with van der Waals surface area (Å²) < 4.78 is 10.1. The van der Waals surface area contributed by atoms with Gasteiger partial charge in [0.2, 0.25) is 5.75 Å². The molecule has 0 aromatic heterocycles. The van der Waals surface area contributed by atoms with Gasteiger partial charge in [-0.2, -0.15) is 5.10 Å². The molecule has 25 heavy (non-hydrogen) atoms. The van der Waals surface area contributed by atoms with Crippen LogP contribution in [0.1, 0.15) is 5.56 Å². The molecule has 1 amide bonds. The van der Waals surface area contributed by atoms with Crippen molar-refractivity contribution in [3.05, 3.63) is 58.1 Å². The van der Waals surface area contributed by atoms with Crippen LogP contribution in [0.15, 0.2) is 47.6 Å². The Balaban J connectivity index is 1.98. The van der Waals surface area contributed by atoms with Crippen LogP contribution in [0.4, 0.5) is 5.69 Å². The van der Waals surface area contributed by atoms with E-state index in [-0.39, 0.29) is 17.9 Å². The summed E-state index contributed by atoms with van der Waals surface area (Å²) in [5.41, 5.74) is 1.98. The monoisotopic (exact) mass is 345 g/mol. The lowest BCUT2D eigenvalue weighted by molar-refractivity contribution is -0.386. The number of nitro groups is 1. The topological polar surface area (TPSA) is 123 Å². The standard InChI is InChI=1S/C16H15N3O6/c1-24-14-8-11(7-13(16(14)21)19(22)23)9-17-18-15(20)10-25-12-5-3-2-4-6-12/h2-9,21H,10H2,1H3,(H,18,20)/b17-9-. The van der Waals surface area contributed by atoms with E-state index in [1.54, 1.807) is 24.3 Å². The third-order valence-electron chi connectivity index (χ3n) is 3.01. The Bertz CT molecular complexity index is 792. The van der Waals surface area contributed by atoms with Crippen molar-refractivity contribution < 1.29 is 24.3 Å². The van der Waals surface area contributed by atoms with Crippen LogP contribution in [0, 0.1) is 10.1 Å². The third kappa shape index (κ3) is 4.93.